The molecule has 0 aliphatic carbocycles. The Bertz CT molecular complexity index is 496. The van der Waals surface area contributed by atoms with Crippen LogP contribution in [0.4, 0.5) is 5.69 Å². The molecule has 1 unspecified atom stereocenters. The lowest BCUT2D eigenvalue weighted by Crippen LogP contribution is -2.06. The predicted molar refractivity (Wildman–Crippen MR) is 74.3 cm³/mol. The molecule has 2 N–H and O–H groups in total. The monoisotopic (exact) mass is 291 g/mol. The molecular formula is C14H14BrNO. The number of anilines is 1. The molecule has 2 rings (SSSR count). The fourth-order valence-electron chi connectivity index (χ4n) is 1.68. The number of hydrogen-bond donors (Lipinski definition) is 2. The molecule has 0 spiro atoms. The molecule has 2 aromatic rings. The second kappa shape index (κ2) is 5.23. The number of rotatable bonds is 3. The highest BCUT2D eigenvalue weighted by Crippen LogP contribution is 2.23. The SMILES string of the molecule is CC(Nc1cccc(O)c1)c1ccc(Br)cc1. The van der Waals surface area contributed by atoms with Crippen LogP contribution in [0.3, 0.4) is 0 Å². The third kappa shape index (κ3) is 3.24. The predicted octanol–water partition coefficient (Wildman–Crippen LogP) is 4.33. The van der Waals surface area contributed by atoms with Crippen molar-refractivity contribution in [2.45, 2.75) is 13.0 Å². The molecule has 3 heteroatoms. The van der Waals surface area contributed by atoms with Crippen LogP contribution in [0, 0.1) is 0 Å². The molecule has 0 aromatic heterocycles. The first-order chi connectivity index (χ1) is 8.15. The fourth-order valence-corrected chi connectivity index (χ4v) is 1.94. The molecule has 0 saturated heterocycles. The first-order valence-electron chi connectivity index (χ1n) is 5.46. The van der Waals surface area contributed by atoms with E-state index >= 15 is 0 Å². The van der Waals surface area contributed by atoms with Gasteiger partial charge in [-0.3, -0.25) is 0 Å². The summed E-state index contributed by atoms with van der Waals surface area (Å²) >= 11 is 3.42. The number of aromatic hydroxyl groups is 1. The molecule has 2 aromatic carbocycles. The van der Waals surface area contributed by atoms with Gasteiger partial charge in [-0.1, -0.05) is 34.1 Å². The largest absolute Gasteiger partial charge is 0.508 e. The van der Waals surface area contributed by atoms with E-state index in [9.17, 15) is 5.11 Å². The van der Waals surface area contributed by atoms with E-state index in [0.29, 0.717) is 0 Å². The first kappa shape index (κ1) is 12.0. The molecule has 0 amide bonds. The molecule has 0 aliphatic rings. The van der Waals surface area contributed by atoms with E-state index in [-0.39, 0.29) is 11.8 Å². The number of benzene rings is 2. The highest BCUT2D eigenvalue weighted by atomic mass is 79.9. The molecule has 88 valence electrons. The molecule has 0 saturated carbocycles. The van der Waals surface area contributed by atoms with Crippen LogP contribution >= 0.6 is 15.9 Å². The van der Waals surface area contributed by atoms with Gasteiger partial charge in [-0.2, -0.15) is 0 Å². The Morgan fingerprint density at radius 3 is 2.47 bits per heavy atom. The summed E-state index contributed by atoms with van der Waals surface area (Å²) in [6, 6.07) is 15.5. The number of nitrogens with one attached hydrogen (secondary N) is 1. The van der Waals surface area contributed by atoms with Crippen molar-refractivity contribution in [1.29, 1.82) is 0 Å². The molecule has 2 nitrogen and oxygen atoms in total. The Kier molecular flexibility index (Phi) is 3.69. The summed E-state index contributed by atoms with van der Waals surface area (Å²) in [5, 5.41) is 12.7. The van der Waals surface area contributed by atoms with Gasteiger partial charge in [-0.15, -0.1) is 0 Å². The van der Waals surface area contributed by atoms with Gasteiger partial charge in [-0.05, 0) is 36.8 Å². The van der Waals surface area contributed by atoms with Crippen LogP contribution in [0.5, 0.6) is 5.75 Å². The second-order valence-electron chi connectivity index (χ2n) is 3.97. The van der Waals surface area contributed by atoms with Crippen LogP contribution in [0.15, 0.2) is 53.0 Å². The second-order valence-corrected chi connectivity index (χ2v) is 4.88. The van der Waals surface area contributed by atoms with Gasteiger partial charge in [0.2, 0.25) is 0 Å². The highest BCUT2D eigenvalue weighted by Gasteiger charge is 2.05. The molecule has 0 fully saturated rings. The van der Waals surface area contributed by atoms with Gasteiger partial charge in [-0.25, -0.2) is 0 Å². The minimum atomic E-state index is 0.199. The number of phenols is 1. The van der Waals surface area contributed by atoms with Crippen molar-refractivity contribution in [3.05, 3.63) is 58.6 Å². The number of hydrogen-bond acceptors (Lipinski definition) is 2. The standard InChI is InChI=1S/C14H14BrNO/c1-10(11-5-7-12(15)8-6-11)16-13-3-2-4-14(17)9-13/h2-10,16-17H,1H3. The van der Waals surface area contributed by atoms with Gasteiger partial charge in [0.1, 0.15) is 5.75 Å². The van der Waals surface area contributed by atoms with Gasteiger partial charge in [0, 0.05) is 22.3 Å². The van der Waals surface area contributed by atoms with Crippen molar-refractivity contribution >= 4 is 21.6 Å². The van der Waals surface area contributed by atoms with Gasteiger partial charge in [0.05, 0.1) is 0 Å². The summed E-state index contributed by atoms with van der Waals surface area (Å²) in [4.78, 5) is 0. The Hall–Kier alpha value is -1.48. The Morgan fingerprint density at radius 2 is 1.82 bits per heavy atom. The third-order valence-corrected chi connectivity index (χ3v) is 3.13. The molecule has 1 atom stereocenters. The summed E-state index contributed by atoms with van der Waals surface area (Å²) in [6.45, 7) is 2.09. The molecule has 17 heavy (non-hydrogen) atoms. The van der Waals surface area contributed by atoms with Crippen LogP contribution in [-0.4, -0.2) is 5.11 Å². The van der Waals surface area contributed by atoms with Gasteiger partial charge in [0.25, 0.3) is 0 Å². The number of phenolic OH excluding ortho intramolecular Hbond substituents is 1. The average Bonchev–Trinajstić information content (AvgIpc) is 2.29. The first-order valence-corrected chi connectivity index (χ1v) is 6.25. The molecule has 0 aliphatic heterocycles. The summed E-state index contributed by atoms with van der Waals surface area (Å²) in [5.41, 5.74) is 2.12. The van der Waals surface area contributed by atoms with E-state index in [1.807, 2.05) is 24.3 Å². The normalized spacial score (nSPS) is 12.1. The minimum absolute atomic E-state index is 0.199. The maximum absolute atomic E-state index is 9.39. The van der Waals surface area contributed by atoms with Crippen LogP contribution in [-0.2, 0) is 0 Å². The zero-order chi connectivity index (χ0) is 12.3. The quantitative estimate of drug-likeness (QED) is 0.882. The smallest absolute Gasteiger partial charge is 0.117 e. The molecule has 0 radical (unpaired) electrons. The van der Waals surface area contributed by atoms with Crippen molar-refractivity contribution < 1.29 is 5.11 Å². The third-order valence-electron chi connectivity index (χ3n) is 2.60. The van der Waals surface area contributed by atoms with E-state index < -0.39 is 0 Å². The average molecular weight is 292 g/mol. The lowest BCUT2D eigenvalue weighted by molar-refractivity contribution is 0.475. The van der Waals surface area contributed by atoms with Gasteiger partial charge >= 0.3 is 0 Å². The highest BCUT2D eigenvalue weighted by molar-refractivity contribution is 9.10. The summed E-state index contributed by atoms with van der Waals surface area (Å²) in [6.07, 6.45) is 0. The molecular weight excluding hydrogens is 278 g/mol. The van der Waals surface area contributed by atoms with Gasteiger partial charge < -0.3 is 10.4 Å². The summed E-state index contributed by atoms with van der Waals surface area (Å²) in [5.74, 6) is 0.276. The summed E-state index contributed by atoms with van der Waals surface area (Å²) < 4.78 is 1.07. The minimum Gasteiger partial charge on any atom is -0.508 e. The van der Waals surface area contributed by atoms with Crippen LogP contribution in [0.1, 0.15) is 18.5 Å². The van der Waals surface area contributed by atoms with Crippen molar-refractivity contribution in [3.63, 3.8) is 0 Å². The van der Waals surface area contributed by atoms with Crippen molar-refractivity contribution in [3.8, 4) is 5.75 Å². The van der Waals surface area contributed by atoms with E-state index in [2.05, 4.69) is 40.3 Å². The Morgan fingerprint density at radius 1 is 1.12 bits per heavy atom. The van der Waals surface area contributed by atoms with Crippen LogP contribution < -0.4 is 5.32 Å². The lowest BCUT2D eigenvalue weighted by Gasteiger charge is -2.15. The molecule has 0 bridgehead atoms. The maximum atomic E-state index is 9.39. The zero-order valence-corrected chi connectivity index (χ0v) is 11.1. The van der Waals surface area contributed by atoms with Crippen molar-refractivity contribution in [2.75, 3.05) is 5.32 Å². The van der Waals surface area contributed by atoms with E-state index in [1.54, 1.807) is 12.1 Å². The Labute approximate surface area is 109 Å². The zero-order valence-electron chi connectivity index (χ0n) is 9.52. The summed E-state index contributed by atoms with van der Waals surface area (Å²) in [7, 11) is 0. The Balaban J connectivity index is 2.11. The molecule has 0 heterocycles. The lowest BCUT2D eigenvalue weighted by atomic mass is 10.1. The topological polar surface area (TPSA) is 32.3 Å². The van der Waals surface area contributed by atoms with E-state index in [0.717, 1.165) is 10.2 Å². The van der Waals surface area contributed by atoms with E-state index in [4.69, 9.17) is 0 Å². The van der Waals surface area contributed by atoms with Crippen molar-refractivity contribution in [2.24, 2.45) is 0 Å². The maximum Gasteiger partial charge on any atom is 0.117 e. The fraction of sp³-hybridized carbons (Fsp3) is 0.143. The van der Waals surface area contributed by atoms with Crippen LogP contribution in [0.25, 0.3) is 0 Å². The number of halogens is 1. The van der Waals surface area contributed by atoms with Gasteiger partial charge in [0.15, 0.2) is 0 Å². The van der Waals surface area contributed by atoms with Crippen LogP contribution in [0.2, 0.25) is 0 Å². The van der Waals surface area contributed by atoms with Crippen molar-refractivity contribution in [1.82, 2.24) is 0 Å². The van der Waals surface area contributed by atoms with E-state index in [1.165, 1.54) is 5.56 Å².